The molecule has 0 saturated carbocycles. The first-order chi connectivity index (χ1) is 8.23. The Bertz CT molecular complexity index is 374. The maximum absolute atomic E-state index is 11.0. The molecule has 4 nitrogen and oxygen atoms in total. The van der Waals surface area contributed by atoms with Gasteiger partial charge in [0.05, 0.1) is 13.2 Å². The maximum atomic E-state index is 11.0. The van der Waals surface area contributed by atoms with E-state index in [9.17, 15) is 4.79 Å². The summed E-state index contributed by atoms with van der Waals surface area (Å²) in [5.41, 5.74) is 0.561. The summed E-state index contributed by atoms with van der Waals surface area (Å²) in [5.74, 6) is -0.768. The Morgan fingerprint density at radius 3 is 2.59 bits per heavy atom. The number of carboxylic acids is 1. The van der Waals surface area contributed by atoms with Gasteiger partial charge >= 0.3 is 5.97 Å². The average Bonchev–Trinajstić information content (AvgIpc) is 2.27. The van der Waals surface area contributed by atoms with Crippen molar-refractivity contribution in [1.29, 1.82) is 0 Å². The van der Waals surface area contributed by atoms with Crippen LogP contribution in [0.15, 0.2) is 30.3 Å². The van der Waals surface area contributed by atoms with Crippen LogP contribution in [0.3, 0.4) is 0 Å². The van der Waals surface area contributed by atoms with E-state index in [1.54, 1.807) is 0 Å². The average molecular weight is 235 g/mol. The van der Waals surface area contributed by atoms with Gasteiger partial charge in [0.1, 0.15) is 5.41 Å². The van der Waals surface area contributed by atoms with Crippen LogP contribution < -0.4 is 5.32 Å². The number of benzene rings is 1. The van der Waals surface area contributed by atoms with Gasteiger partial charge in [-0.05, 0) is 18.5 Å². The van der Waals surface area contributed by atoms with E-state index >= 15 is 0 Å². The summed E-state index contributed by atoms with van der Waals surface area (Å²) in [6, 6.07) is 10.1. The number of nitrogens with one attached hydrogen (secondary N) is 1. The zero-order valence-electron chi connectivity index (χ0n) is 9.69. The first kappa shape index (κ1) is 12.1. The van der Waals surface area contributed by atoms with Gasteiger partial charge in [-0.3, -0.25) is 4.79 Å². The lowest BCUT2D eigenvalue weighted by Gasteiger charge is -2.37. The van der Waals surface area contributed by atoms with Crippen LogP contribution in [-0.4, -0.2) is 37.4 Å². The molecule has 1 aromatic carbocycles. The summed E-state index contributed by atoms with van der Waals surface area (Å²) in [7, 11) is 0. The monoisotopic (exact) mass is 235 g/mol. The van der Waals surface area contributed by atoms with E-state index < -0.39 is 11.4 Å². The summed E-state index contributed by atoms with van der Waals surface area (Å²) in [5, 5.41) is 12.3. The van der Waals surface area contributed by atoms with Crippen LogP contribution in [0.25, 0.3) is 0 Å². The van der Waals surface area contributed by atoms with E-state index in [0.717, 1.165) is 13.0 Å². The van der Waals surface area contributed by atoms with Gasteiger partial charge in [0, 0.05) is 6.54 Å². The number of hydrogen-bond donors (Lipinski definition) is 2. The standard InChI is InChI=1S/C13H17NO3/c15-12(16)13(9-17-10-13)8-14-7-6-11-4-2-1-3-5-11/h1-5,14H,6-10H2,(H,15,16). The Balaban J connectivity index is 1.71. The van der Waals surface area contributed by atoms with Gasteiger partial charge in [-0.1, -0.05) is 30.3 Å². The molecule has 17 heavy (non-hydrogen) atoms. The fourth-order valence-corrected chi connectivity index (χ4v) is 1.85. The van der Waals surface area contributed by atoms with Crippen LogP contribution in [0, 0.1) is 5.41 Å². The van der Waals surface area contributed by atoms with Crippen LogP contribution >= 0.6 is 0 Å². The smallest absolute Gasteiger partial charge is 0.315 e. The quantitative estimate of drug-likeness (QED) is 0.720. The van der Waals surface area contributed by atoms with Gasteiger partial charge in [-0.2, -0.15) is 0 Å². The van der Waals surface area contributed by atoms with E-state index in [4.69, 9.17) is 9.84 Å². The number of hydrogen-bond acceptors (Lipinski definition) is 3. The van der Waals surface area contributed by atoms with Gasteiger partial charge in [-0.15, -0.1) is 0 Å². The van der Waals surface area contributed by atoms with Crippen molar-refractivity contribution in [3.63, 3.8) is 0 Å². The predicted molar refractivity (Wildman–Crippen MR) is 63.9 cm³/mol. The van der Waals surface area contributed by atoms with Crippen LogP contribution in [-0.2, 0) is 16.0 Å². The summed E-state index contributed by atoms with van der Waals surface area (Å²) in [6.45, 7) is 1.91. The first-order valence-corrected chi connectivity index (χ1v) is 5.79. The second kappa shape index (κ2) is 5.29. The highest BCUT2D eigenvalue weighted by atomic mass is 16.5. The Hall–Kier alpha value is -1.39. The van der Waals surface area contributed by atoms with Crippen molar-refractivity contribution in [3.8, 4) is 0 Å². The molecule has 0 amide bonds. The normalized spacial score (nSPS) is 17.4. The molecule has 0 aliphatic carbocycles. The SMILES string of the molecule is O=C(O)C1(CNCCc2ccccc2)COC1. The highest BCUT2D eigenvalue weighted by Gasteiger charge is 2.45. The van der Waals surface area contributed by atoms with Crippen molar-refractivity contribution >= 4 is 5.97 Å². The number of aliphatic carboxylic acids is 1. The molecule has 1 aliphatic heterocycles. The predicted octanol–water partition coefficient (Wildman–Crippen LogP) is 0.920. The summed E-state index contributed by atoms with van der Waals surface area (Å²) in [4.78, 5) is 11.0. The van der Waals surface area contributed by atoms with Crippen molar-refractivity contribution < 1.29 is 14.6 Å². The first-order valence-electron chi connectivity index (χ1n) is 5.79. The van der Waals surface area contributed by atoms with Crippen LogP contribution in [0.5, 0.6) is 0 Å². The molecule has 1 saturated heterocycles. The van der Waals surface area contributed by atoms with Gasteiger partial charge in [-0.25, -0.2) is 0 Å². The highest BCUT2D eigenvalue weighted by Crippen LogP contribution is 2.26. The lowest BCUT2D eigenvalue weighted by molar-refractivity contribution is -0.178. The second-order valence-electron chi connectivity index (χ2n) is 4.49. The molecule has 92 valence electrons. The van der Waals surface area contributed by atoms with E-state index in [1.807, 2.05) is 18.2 Å². The van der Waals surface area contributed by atoms with Crippen molar-refractivity contribution in [2.45, 2.75) is 6.42 Å². The largest absolute Gasteiger partial charge is 0.481 e. The third-order valence-corrected chi connectivity index (χ3v) is 3.11. The molecule has 1 heterocycles. The second-order valence-corrected chi connectivity index (χ2v) is 4.49. The van der Waals surface area contributed by atoms with E-state index in [2.05, 4.69) is 17.4 Å². The minimum atomic E-state index is -0.768. The van der Waals surface area contributed by atoms with Crippen LogP contribution in [0.2, 0.25) is 0 Å². The molecule has 0 radical (unpaired) electrons. The highest BCUT2D eigenvalue weighted by molar-refractivity contribution is 5.76. The molecule has 2 N–H and O–H groups in total. The molecular formula is C13H17NO3. The molecule has 0 aromatic heterocycles. The van der Waals surface area contributed by atoms with E-state index in [-0.39, 0.29) is 0 Å². The zero-order chi connectivity index (χ0) is 12.1. The molecule has 0 spiro atoms. The number of carbonyl (C=O) groups is 1. The van der Waals surface area contributed by atoms with Gasteiger partial charge in [0.2, 0.25) is 0 Å². The minimum Gasteiger partial charge on any atom is -0.481 e. The Kier molecular flexibility index (Phi) is 3.76. The molecular weight excluding hydrogens is 218 g/mol. The van der Waals surface area contributed by atoms with Crippen molar-refractivity contribution in [3.05, 3.63) is 35.9 Å². The third-order valence-electron chi connectivity index (χ3n) is 3.11. The third kappa shape index (κ3) is 2.84. The van der Waals surface area contributed by atoms with E-state index in [0.29, 0.717) is 19.8 Å². The fraction of sp³-hybridized carbons (Fsp3) is 0.462. The van der Waals surface area contributed by atoms with Crippen molar-refractivity contribution in [1.82, 2.24) is 5.32 Å². The molecule has 1 fully saturated rings. The Labute approximate surface area is 101 Å². The minimum absolute atomic E-state index is 0.320. The molecule has 1 aromatic rings. The zero-order valence-corrected chi connectivity index (χ0v) is 9.69. The summed E-state index contributed by atoms with van der Waals surface area (Å²) >= 11 is 0. The van der Waals surface area contributed by atoms with Crippen LogP contribution in [0.4, 0.5) is 0 Å². The molecule has 0 unspecified atom stereocenters. The van der Waals surface area contributed by atoms with E-state index in [1.165, 1.54) is 5.56 Å². The van der Waals surface area contributed by atoms with Gasteiger partial charge in [0.25, 0.3) is 0 Å². The van der Waals surface area contributed by atoms with Gasteiger partial charge < -0.3 is 15.2 Å². The Morgan fingerprint density at radius 1 is 1.35 bits per heavy atom. The molecule has 0 bridgehead atoms. The fourth-order valence-electron chi connectivity index (χ4n) is 1.85. The van der Waals surface area contributed by atoms with Crippen LogP contribution in [0.1, 0.15) is 5.56 Å². The van der Waals surface area contributed by atoms with Gasteiger partial charge in [0.15, 0.2) is 0 Å². The molecule has 1 aliphatic rings. The topological polar surface area (TPSA) is 58.6 Å². The van der Waals surface area contributed by atoms with Crippen molar-refractivity contribution in [2.24, 2.45) is 5.41 Å². The maximum Gasteiger partial charge on any atom is 0.315 e. The lowest BCUT2D eigenvalue weighted by atomic mass is 9.86. The number of ether oxygens (including phenoxy) is 1. The lowest BCUT2D eigenvalue weighted by Crippen LogP contribution is -2.55. The number of rotatable bonds is 6. The summed E-state index contributed by atoms with van der Waals surface area (Å²) in [6.07, 6.45) is 0.914. The summed E-state index contributed by atoms with van der Waals surface area (Å²) < 4.78 is 4.99. The van der Waals surface area contributed by atoms with Crippen molar-refractivity contribution in [2.75, 3.05) is 26.3 Å². The number of carboxylic acid groups (broad SMARTS) is 1. The molecule has 4 heteroatoms. The molecule has 2 rings (SSSR count). The molecule has 0 atom stereocenters. The Morgan fingerprint density at radius 2 is 2.06 bits per heavy atom.